The molecule has 0 heterocycles. The summed E-state index contributed by atoms with van der Waals surface area (Å²) in [5, 5.41) is 11.2. The number of benzene rings is 2. The van der Waals surface area contributed by atoms with Crippen LogP contribution in [0.1, 0.15) is 76.7 Å². The topological polar surface area (TPSA) is 86.7 Å². The minimum Gasteiger partial charge on any atom is -0.872 e. The summed E-state index contributed by atoms with van der Waals surface area (Å²) in [4.78, 5) is -0.114. The minimum atomic E-state index is -4.35. The van der Waals surface area contributed by atoms with E-state index in [-0.39, 0.29) is 40.2 Å². The third-order valence-electron chi connectivity index (χ3n) is 5.18. The maximum atomic E-state index is 11.8. The molecule has 0 aliphatic carbocycles. The quantitative estimate of drug-likeness (QED) is 0.268. The van der Waals surface area contributed by atoms with Crippen LogP contribution in [0, 0.1) is 0 Å². The van der Waals surface area contributed by atoms with Crippen molar-refractivity contribution in [2.45, 2.75) is 82.4 Å². The minimum absolute atomic E-state index is 0. The standard InChI is InChI=1S/C24H34O5S.Na/c1-2-3-4-5-6-7-8-9-10-11-12-20-13-16-23(19-24(20)30(26,27)28)29-22-17-14-21(25)15-18-22;/h13-19,25H,2-12H2,1H3,(H,26,27,28);/q;+1/p-1. The zero-order valence-corrected chi connectivity index (χ0v) is 21.6. The largest absolute Gasteiger partial charge is 1.00 e. The molecule has 0 bridgehead atoms. The number of hydrogen-bond acceptors (Lipinski definition) is 4. The zero-order valence-electron chi connectivity index (χ0n) is 18.8. The summed E-state index contributed by atoms with van der Waals surface area (Å²) in [7, 11) is -4.35. The molecule has 2 rings (SSSR count). The predicted molar refractivity (Wildman–Crippen MR) is 118 cm³/mol. The summed E-state index contributed by atoms with van der Waals surface area (Å²) < 4.78 is 38.9. The summed E-state index contributed by atoms with van der Waals surface area (Å²) in [6.45, 7) is 2.22. The Labute approximate surface area is 209 Å². The van der Waals surface area contributed by atoms with E-state index in [0.717, 1.165) is 19.3 Å². The summed E-state index contributed by atoms with van der Waals surface area (Å²) in [5.74, 6) is 0.597. The van der Waals surface area contributed by atoms with Crippen molar-refractivity contribution < 1.29 is 52.4 Å². The first-order valence-electron chi connectivity index (χ1n) is 11.0. The summed E-state index contributed by atoms with van der Waals surface area (Å²) in [6.07, 6.45) is 12.7. The Morgan fingerprint density at radius 1 is 0.806 bits per heavy atom. The van der Waals surface area contributed by atoms with Gasteiger partial charge in [-0.3, -0.25) is 4.55 Å². The van der Waals surface area contributed by atoms with Gasteiger partial charge in [-0.15, -0.1) is 5.75 Å². The van der Waals surface area contributed by atoms with Gasteiger partial charge in [0.15, 0.2) is 0 Å². The molecule has 7 heteroatoms. The Morgan fingerprint density at radius 3 is 1.87 bits per heavy atom. The van der Waals surface area contributed by atoms with Gasteiger partial charge in [0.1, 0.15) is 16.4 Å². The van der Waals surface area contributed by atoms with Gasteiger partial charge in [0.25, 0.3) is 10.1 Å². The normalized spacial score (nSPS) is 11.2. The number of hydrogen-bond donors (Lipinski definition) is 1. The second kappa shape index (κ2) is 14.9. The molecule has 166 valence electrons. The van der Waals surface area contributed by atoms with Crippen LogP contribution in [0.25, 0.3) is 0 Å². The van der Waals surface area contributed by atoms with E-state index in [4.69, 9.17) is 4.74 Å². The zero-order chi connectivity index (χ0) is 21.8. The van der Waals surface area contributed by atoms with Crippen molar-refractivity contribution in [1.82, 2.24) is 0 Å². The maximum Gasteiger partial charge on any atom is 1.00 e. The molecule has 0 aromatic heterocycles. The van der Waals surface area contributed by atoms with Crippen molar-refractivity contribution in [2.24, 2.45) is 0 Å². The first-order chi connectivity index (χ1) is 14.4. The molecule has 2 aromatic rings. The van der Waals surface area contributed by atoms with E-state index in [9.17, 15) is 18.1 Å². The van der Waals surface area contributed by atoms with E-state index >= 15 is 0 Å². The monoisotopic (exact) mass is 456 g/mol. The van der Waals surface area contributed by atoms with Gasteiger partial charge in [-0.25, -0.2) is 0 Å². The van der Waals surface area contributed by atoms with Crippen LogP contribution in [-0.2, 0) is 16.5 Å². The summed E-state index contributed by atoms with van der Waals surface area (Å²) in [5.41, 5.74) is 0.597. The van der Waals surface area contributed by atoms with E-state index in [2.05, 4.69) is 6.92 Å². The molecule has 2 aromatic carbocycles. The van der Waals surface area contributed by atoms with Gasteiger partial charge >= 0.3 is 29.6 Å². The average Bonchev–Trinajstić information content (AvgIpc) is 2.71. The molecule has 0 fully saturated rings. The van der Waals surface area contributed by atoms with E-state index in [1.54, 1.807) is 12.1 Å². The Hall–Kier alpha value is -1.05. The number of unbranched alkanes of at least 4 members (excludes halogenated alkanes) is 9. The van der Waals surface area contributed by atoms with Crippen molar-refractivity contribution in [1.29, 1.82) is 0 Å². The van der Waals surface area contributed by atoms with Crippen LogP contribution >= 0.6 is 0 Å². The Balaban J connectivity index is 0.00000480. The molecule has 31 heavy (non-hydrogen) atoms. The maximum absolute atomic E-state index is 11.8. The molecule has 0 aliphatic heterocycles. The Bertz CT molecular complexity index is 866. The van der Waals surface area contributed by atoms with Gasteiger partial charge in [0.05, 0.1) is 0 Å². The van der Waals surface area contributed by atoms with E-state index in [1.807, 2.05) is 0 Å². The van der Waals surface area contributed by atoms with E-state index < -0.39 is 10.1 Å². The molecule has 0 spiro atoms. The second-order valence-corrected chi connectivity index (χ2v) is 9.14. The molecule has 0 aliphatic rings. The molecule has 0 saturated heterocycles. The van der Waals surface area contributed by atoms with Crippen molar-refractivity contribution in [3.05, 3.63) is 48.0 Å². The molecule has 1 N–H and O–H groups in total. The SMILES string of the molecule is CCCCCCCCCCCCc1ccc(Oc2ccc([O-])cc2)cc1S(=O)(=O)O.[Na+]. The van der Waals surface area contributed by atoms with Gasteiger partial charge in [-0.1, -0.05) is 82.9 Å². The molecule has 5 nitrogen and oxygen atoms in total. The van der Waals surface area contributed by atoms with Crippen molar-refractivity contribution in [2.75, 3.05) is 0 Å². The molecule has 0 amide bonds. The fourth-order valence-corrected chi connectivity index (χ4v) is 4.26. The van der Waals surface area contributed by atoms with Crippen LogP contribution in [0.3, 0.4) is 0 Å². The molecule has 0 saturated carbocycles. The molecular weight excluding hydrogens is 423 g/mol. The number of rotatable bonds is 14. The van der Waals surface area contributed by atoms with E-state index in [0.29, 0.717) is 23.5 Å². The van der Waals surface area contributed by atoms with Crippen LogP contribution in [-0.4, -0.2) is 13.0 Å². The van der Waals surface area contributed by atoms with Crippen LogP contribution < -0.4 is 39.4 Å². The third kappa shape index (κ3) is 10.9. The Kier molecular flexibility index (Phi) is 13.5. The molecule has 0 radical (unpaired) electrons. The molecule has 0 unspecified atom stereocenters. The first kappa shape index (κ1) is 28.0. The van der Waals surface area contributed by atoms with Gasteiger partial charge in [0, 0.05) is 6.07 Å². The Morgan fingerprint density at radius 2 is 1.32 bits per heavy atom. The number of aryl methyl sites for hydroxylation is 1. The fourth-order valence-electron chi connectivity index (χ4n) is 3.49. The second-order valence-electron chi connectivity index (χ2n) is 7.75. The predicted octanol–water partition coefficient (Wildman–Crippen LogP) is 3.27. The van der Waals surface area contributed by atoms with Crippen molar-refractivity contribution in [3.8, 4) is 17.2 Å². The van der Waals surface area contributed by atoms with Crippen molar-refractivity contribution in [3.63, 3.8) is 0 Å². The van der Waals surface area contributed by atoms with Crippen molar-refractivity contribution >= 4 is 10.1 Å². The third-order valence-corrected chi connectivity index (χ3v) is 6.11. The van der Waals surface area contributed by atoms with Crippen LogP contribution in [0.2, 0.25) is 0 Å². The first-order valence-corrected chi connectivity index (χ1v) is 12.4. The van der Waals surface area contributed by atoms with Crippen LogP contribution in [0.4, 0.5) is 0 Å². The smallest absolute Gasteiger partial charge is 0.872 e. The molecule has 0 atom stereocenters. The van der Waals surface area contributed by atoms with E-state index in [1.165, 1.54) is 75.3 Å². The van der Waals surface area contributed by atoms with Gasteiger partial charge in [0.2, 0.25) is 0 Å². The van der Waals surface area contributed by atoms with Gasteiger partial charge in [-0.05, 0) is 36.6 Å². The summed E-state index contributed by atoms with van der Waals surface area (Å²) >= 11 is 0. The number of ether oxygens (including phenoxy) is 1. The van der Waals surface area contributed by atoms with Crippen LogP contribution in [0.15, 0.2) is 47.4 Å². The van der Waals surface area contributed by atoms with Crippen LogP contribution in [0.5, 0.6) is 17.2 Å². The average molecular weight is 457 g/mol. The fraction of sp³-hybridized carbons (Fsp3) is 0.500. The molecular formula is C24H33NaO5S. The van der Waals surface area contributed by atoms with Gasteiger partial charge in [-0.2, -0.15) is 8.42 Å². The van der Waals surface area contributed by atoms with Gasteiger partial charge < -0.3 is 9.84 Å². The summed E-state index contributed by atoms with van der Waals surface area (Å²) in [6, 6.07) is 10.5.